The maximum atomic E-state index is 12.1. The van der Waals surface area contributed by atoms with Crippen molar-refractivity contribution in [3.8, 4) is 11.3 Å². The van der Waals surface area contributed by atoms with E-state index in [9.17, 15) is 9.59 Å². The van der Waals surface area contributed by atoms with E-state index in [0.717, 1.165) is 27.8 Å². The number of aromatic amines is 1. The molecule has 0 aliphatic carbocycles. The van der Waals surface area contributed by atoms with Gasteiger partial charge in [0.1, 0.15) is 5.82 Å². The summed E-state index contributed by atoms with van der Waals surface area (Å²) in [5.41, 5.74) is 5.03. The van der Waals surface area contributed by atoms with Gasteiger partial charge in [0.2, 0.25) is 0 Å². The number of nitrogens with one attached hydrogen (secondary N) is 2. The summed E-state index contributed by atoms with van der Waals surface area (Å²) in [4.78, 5) is 35.1. The molecule has 0 aliphatic heterocycles. The summed E-state index contributed by atoms with van der Waals surface area (Å²) >= 11 is 0. The molecule has 4 rings (SSSR count). The lowest BCUT2D eigenvalue weighted by Gasteiger charge is -2.11. The Hall–Kier alpha value is -4.13. The highest BCUT2D eigenvalue weighted by atomic mass is 16.2. The minimum absolute atomic E-state index is 0.0211. The fourth-order valence-corrected chi connectivity index (χ4v) is 3.40. The van der Waals surface area contributed by atoms with E-state index in [-0.39, 0.29) is 11.8 Å². The molecule has 0 spiro atoms. The summed E-state index contributed by atoms with van der Waals surface area (Å²) < 4.78 is 0. The van der Waals surface area contributed by atoms with Crippen molar-refractivity contribution in [1.82, 2.24) is 19.8 Å². The van der Waals surface area contributed by atoms with Crippen LogP contribution in [0.1, 0.15) is 20.7 Å². The minimum atomic E-state index is -0.0332. The summed E-state index contributed by atoms with van der Waals surface area (Å²) in [6.07, 6.45) is 1.81. The second-order valence-electron chi connectivity index (χ2n) is 8.02. The first-order valence-corrected chi connectivity index (χ1v) is 10.2. The van der Waals surface area contributed by atoms with E-state index in [1.807, 2.05) is 54.7 Å². The highest BCUT2D eigenvalue weighted by Crippen LogP contribution is 2.26. The Kier molecular flexibility index (Phi) is 5.64. The molecule has 2 heterocycles. The molecule has 0 atom stereocenters. The van der Waals surface area contributed by atoms with E-state index < -0.39 is 0 Å². The van der Waals surface area contributed by atoms with Crippen molar-refractivity contribution < 1.29 is 9.59 Å². The number of H-pyrrole nitrogens is 1. The van der Waals surface area contributed by atoms with E-state index >= 15 is 0 Å². The number of anilines is 2. The van der Waals surface area contributed by atoms with Crippen LogP contribution < -0.4 is 5.32 Å². The fourth-order valence-electron chi connectivity index (χ4n) is 3.40. The SMILES string of the molecule is CN(C)C(=O)c1ccc(Nc2cc3[nH]c(-c4ccc(C(=O)N(C)C)cc4)cc3cn2)cc1. The third-order valence-corrected chi connectivity index (χ3v) is 5.16. The van der Waals surface area contributed by atoms with Gasteiger partial charge < -0.3 is 20.1 Å². The van der Waals surface area contributed by atoms with Crippen molar-refractivity contribution in [1.29, 1.82) is 0 Å². The van der Waals surface area contributed by atoms with Crippen LogP contribution in [0.4, 0.5) is 11.5 Å². The van der Waals surface area contributed by atoms with Crippen molar-refractivity contribution in [2.45, 2.75) is 0 Å². The van der Waals surface area contributed by atoms with Gasteiger partial charge in [-0.3, -0.25) is 9.59 Å². The summed E-state index contributed by atoms with van der Waals surface area (Å²) in [5.74, 6) is 0.644. The van der Waals surface area contributed by atoms with E-state index in [2.05, 4.69) is 15.3 Å². The molecule has 2 aromatic heterocycles. The van der Waals surface area contributed by atoms with Crippen LogP contribution in [0.15, 0.2) is 66.9 Å². The number of hydrogen-bond acceptors (Lipinski definition) is 4. The van der Waals surface area contributed by atoms with Gasteiger partial charge in [0.05, 0.1) is 5.52 Å². The molecule has 2 N–H and O–H groups in total. The maximum absolute atomic E-state index is 12.1. The average Bonchev–Trinajstić information content (AvgIpc) is 3.22. The molecular weight excluding hydrogens is 402 g/mol. The number of carbonyl (C=O) groups is 2. The number of pyridine rings is 1. The number of carbonyl (C=O) groups excluding carboxylic acids is 2. The van der Waals surface area contributed by atoms with Crippen LogP contribution in [0.3, 0.4) is 0 Å². The van der Waals surface area contributed by atoms with Gasteiger partial charge in [-0.25, -0.2) is 4.98 Å². The normalized spacial score (nSPS) is 10.8. The topological polar surface area (TPSA) is 81.3 Å². The highest BCUT2D eigenvalue weighted by molar-refractivity contribution is 5.95. The molecule has 7 nitrogen and oxygen atoms in total. The van der Waals surface area contributed by atoms with Gasteiger partial charge in [-0.2, -0.15) is 0 Å². The van der Waals surface area contributed by atoms with Gasteiger partial charge >= 0.3 is 0 Å². The molecule has 32 heavy (non-hydrogen) atoms. The standard InChI is InChI=1S/C25H25N5O2/c1-29(2)24(31)17-7-5-16(6-8-17)21-13-19-15-26-23(14-22(19)28-21)27-20-11-9-18(10-12-20)25(32)30(3)4/h5-15,28H,1-4H3,(H,26,27). The Balaban J connectivity index is 1.53. The lowest BCUT2D eigenvalue weighted by Crippen LogP contribution is -2.21. The van der Waals surface area contributed by atoms with Crippen molar-refractivity contribution in [2.75, 3.05) is 33.5 Å². The zero-order valence-electron chi connectivity index (χ0n) is 18.5. The lowest BCUT2D eigenvalue weighted by molar-refractivity contribution is 0.0820. The number of amides is 2. The Labute approximate surface area is 186 Å². The van der Waals surface area contributed by atoms with Gasteiger partial charge in [-0.1, -0.05) is 12.1 Å². The number of hydrogen-bond donors (Lipinski definition) is 2. The van der Waals surface area contributed by atoms with Gasteiger partial charge in [-0.05, 0) is 48.0 Å². The fraction of sp³-hybridized carbons (Fsp3) is 0.160. The first-order chi connectivity index (χ1) is 15.3. The first kappa shape index (κ1) is 21.1. The summed E-state index contributed by atoms with van der Waals surface area (Å²) in [6, 6.07) is 18.8. The number of fused-ring (bicyclic) bond motifs is 1. The van der Waals surface area contributed by atoms with E-state index in [1.165, 1.54) is 0 Å². The first-order valence-electron chi connectivity index (χ1n) is 10.2. The van der Waals surface area contributed by atoms with Crippen LogP contribution >= 0.6 is 0 Å². The third kappa shape index (κ3) is 4.32. The molecule has 0 bridgehead atoms. The second-order valence-corrected chi connectivity index (χ2v) is 8.02. The van der Waals surface area contributed by atoms with E-state index in [1.54, 1.807) is 50.1 Å². The van der Waals surface area contributed by atoms with Crippen LogP contribution in [0, 0.1) is 0 Å². The molecule has 2 aromatic carbocycles. The number of rotatable bonds is 5. The summed E-state index contributed by atoms with van der Waals surface area (Å²) in [5, 5.41) is 4.26. The van der Waals surface area contributed by atoms with E-state index in [0.29, 0.717) is 16.9 Å². The molecule has 0 aliphatic rings. The van der Waals surface area contributed by atoms with Crippen LogP contribution in [0.5, 0.6) is 0 Å². The summed E-state index contributed by atoms with van der Waals surface area (Å²) in [7, 11) is 6.94. The number of benzene rings is 2. The molecule has 4 aromatic rings. The molecule has 0 saturated carbocycles. The molecule has 0 fully saturated rings. The highest BCUT2D eigenvalue weighted by Gasteiger charge is 2.10. The smallest absolute Gasteiger partial charge is 0.253 e. The molecule has 7 heteroatoms. The van der Waals surface area contributed by atoms with Crippen molar-refractivity contribution in [3.05, 3.63) is 78.0 Å². The predicted molar refractivity (Wildman–Crippen MR) is 127 cm³/mol. The van der Waals surface area contributed by atoms with Crippen molar-refractivity contribution >= 4 is 34.2 Å². The molecule has 0 radical (unpaired) electrons. The van der Waals surface area contributed by atoms with Crippen molar-refractivity contribution in [3.63, 3.8) is 0 Å². The quantitative estimate of drug-likeness (QED) is 0.495. The summed E-state index contributed by atoms with van der Waals surface area (Å²) in [6.45, 7) is 0. The number of nitrogens with zero attached hydrogens (tertiary/aromatic N) is 3. The largest absolute Gasteiger partial charge is 0.354 e. The third-order valence-electron chi connectivity index (χ3n) is 5.16. The zero-order chi connectivity index (χ0) is 22.8. The van der Waals surface area contributed by atoms with Crippen molar-refractivity contribution in [2.24, 2.45) is 0 Å². The number of aromatic nitrogens is 2. The molecule has 2 amide bonds. The monoisotopic (exact) mass is 427 g/mol. The van der Waals surface area contributed by atoms with Crippen LogP contribution in [0.25, 0.3) is 22.2 Å². The molecule has 0 unspecified atom stereocenters. The molecule has 0 saturated heterocycles. The minimum Gasteiger partial charge on any atom is -0.354 e. The lowest BCUT2D eigenvalue weighted by atomic mass is 10.1. The van der Waals surface area contributed by atoms with Gasteiger partial charge in [0.15, 0.2) is 0 Å². The molecule has 162 valence electrons. The average molecular weight is 428 g/mol. The second kappa shape index (κ2) is 8.55. The Morgan fingerprint density at radius 1 is 0.812 bits per heavy atom. The Morgan fingerprint density at radius 2 is 1.38 bits per heavy atom. The maximum Gasteiger partial charge on any atom is 0.253 e. The van der Waals surface area contributed by atoms with Gasteiger partial charge in [0.25, 0.3) is 11.8 Å². The van der Waals surface area contributed by atoms with Gasteiger partial charge in [-0.15, -0.1) is 0 Å². The Bertz CT molecular complexity index is 1270. The van der Waals surface area contributed by atoms with Crippen LogP contribution in [-0.2, 0) is 0 Å². The Morgan fingerprint density at radius 3 is 1.94 bits per heavy atom. The predicted octanol–water partition coefficient (Wildman–Crippen LogP) is 4.38. The van der Waals surface area contributed by atoms with Crippen LogP contribution in [-0.4, -0.2) is 59.8 Å². The van der Waals surface area contributed by atoms with E-state index in [4.69, 9.17) is 0 Å². The zero-order valence-corrected chi connectivity index (χ0v) is 18.5. The van der Waals surface area contributed by atoms with Crippen LogP contribution in [0.2, 0.25) is 0 Å². The van der Waals surface area contributed by atoms with Gasteiger partial charge in [0, 0.05) is 68.3 Å². The molecular formula is C25H25N5O2.